The number of ether oxygens (including phenoxy) is 1. The summed E-state index contributed by atoms with van der Waals surface area (Å²) in [7, 11) is 1.99. The topological polar surface area (TPSA) is 67.6 Å². The van der Waals surface area contributed by atoms with Crippen molar-refractivity contribution in [3.8, 4) is 5.75 Å². The Bertz CT molecular complexity index is 984. The van der Waals surface area contributed by atoms with E-state index < -0.39 is 0 Å². The minimum absolute atomic E-state index is 0. The van der Waals surface area contributed by atoms with E-state index in [2.05, 4.69) is 32.5 Å². The molecule has 0 radical (unpaired) electrons. The first-order chi connectivity index (χ1) is 15.2. The number of guanidine groups is 1. The highest BCUT2D eigenvalue weighted by molar-refractivity contribution is 14.0. The average molecular weight is 546 g/mol. The number of aryl methyl sites for hydroxylation is 1. The van der Waals surface area contributed by atoms with Crippen molar-refractivity contribution in [2.75, 3.05) is 13.1 Å². The van der Waals surface area contributed by atoms with Crippen LogP contribution in [0.4, 0.5) is 0 Å². The standard InChI is InChI=1S/C24H30N6O.HI/c1-19-27-28-23(29(19)2)18-26-24(25-17-20-9-5-3-6-10-20)30-15-13-22(14-16-30)31-21-11-7-4-8-12-21;/h3-12,22H,13-18H2,1-2H3,(H,25,26);1H. The number of rotatable bonds is 6. The summed E-state index contributed by atoms with van der Waals surface area (Å²) < 4.78 is 8.15. The second-order valence-electron chi connectivity index (χ2n) is 7.82. The van der Waals surface area contributed by atoms with Gasteiger partial charge in [0.1, 0.15) is 17.7 Å². The summed E-state index contributed by atoms with van der Waals surface area (Å²) in [6.45, 7) is 4.98. The highest BCUT2D eigenvalue weighted by Crippen LogP contribution is 2.19. The van der Waals surface area contributed by atoms with Gasteiger partial charge < -0.3 is 19.5 Å². The van der Waals surface area contributed by atoms with Crippen molar-refractivity contribution in [3.05, 3.63) is 77.9 Å². The van der Waals surface area contributed by atoms with Crippen molar-refractivity contribution < 1.29 is 4.74 Å². The van der Waals surface area contributed by atoms with Crippen molar-refractivity contribution in [2.45, 2.75) is 39.0 Å². The molecule has 8 heteroatoms. The smallest absolute Gasteiger partial charge is 0.194 e. The SMILES string of the molecule is Cc1nnc(CNC(=NCc2ccccc2)N2CCC(Oc3ccccc3)CC2)n1C.I. The van der Waals surface area contributed by atoms with Gasteiger partial charge in [0.25, 0.3) is 0 Å². The number of para-hydroxylation sites is 1. The first-order valence-electron chi connectivity index (χ1n) is 10.8. The molecule has 4 rings (SSSR count). The minimum Gasteiger partial charge on any atom is -0.490 e. The Kier molecular flexibility index (Phi) is 8.90. The maximum atomic E-state index is 6.15. The normalized spacial score (nSPS) is 14.7. The van der Waals surface area contributed by atoms with Gasteiger partial charge in [-0.3, -0.25) is 0 Å². The predicted molar refractivity (Wildman–Crippen MR) is 137 cm³/mol. The van der Waals surface area contributed by atoms with Gasteiger partial charge in [-0.1, -0.05) is 48.5 Å². The summed E-state index contributed by atoms with van der Waals surface area (Å²) in [5.74, 6) is 3.64. The summed E-state index contributed by atoms with van der Waals surface area (Å²) in [4.78, 5) is 7.23. The molecule has 0 aliphatic carbocycles. The zero-order chi connectivity index (χ0) is 21.5. The third kappa shape index (κ3) is 6.44. The van der Waals surface area contributed by atoms with Crippen LogP contribution in [0.15, 0.2) is 65.7 Å². The quantitative estimate of drug-likeness (QED) is 0.289. The number of benzene rings is 2. The van der Waals surface area contributed by atoms with Crippen molar-refractivity contribution in [3.63, 3.8) is 0 Å². The monoisotopic (exact) mass is 546 g/mol. The largest absolute Gasteiger partial charge is 0.490 e. The van der Waals surface area contributed by atoms with Crippen LogP contribution < -0.4 is 10.1 Å². The number of aliphatic imine (C=N–C) groups is 1. The summed E-state index contributed by atoms with van der Waals surface area (Å²) in [6, 6.07) is 20.4. The fourth-order valence-corrected chi connectivity index (χ4v) is 3.66. The van der Waals surface area contributed by atoms with Crippen molar-refractivity contribution in [2.24, 2.45) is 12.0 Å². The van der Waals surface area contributed by atoms with E-state index in [9.17, 15) is 0 Å². The Morgan fingerprint density at radius 2 is 1.69 bits per heavy atom. The predicted octanol–water partition coefficient (Wildman–Crippen LogP) is 3.93. The van der Waals surface area contributed by atoms with Crippen LogP contribution in [-0.2, 0) is 20.1 Å². The van der Waals surface area contributed by atoms with Gasteiger partial charge in [0.05, 0.1) is 13.1 Å². The molecule has 1 fully saturated rings. The fraction of sp³-hybridized carbons (Fsp3) is 0.375. The number of piperidine rings is 1. The van der Waals surface area contributed by atoms with Gasteiger partial charge in [0, 0.05) is 33.0 Å². The molecule has 0 atom stereocenters. The Morgan fingerprint density at radius 1 is 1.03 bits per heavy atom. The first kappa shape index (κ1) is 24.0. The maximum absolute atomic E-state index is 6.15. The zero-order valence-corrected chi connectivity index (χ0v) is 21.0. The number of likely N-dealkylation sites (tertiary alicyclic amines) is 1. The third-order valence-electron chi connectivity index (χ3n) is 5.63. The van der Waals surface area contributed by atoms with E-state index in [1.54, 1.807) is 0 Å². The average Bonchev–Trinajstić information content (AvgIpc) is 3.13. The molecule has 7 nitrogen and oxygen atoms in total. The van der Waals surface area contributed by atoms with E-state index in [0.717, 1.165) is 49.3 Å². The lowest BCUT2D eigenvalue weighted by atomic mass is 10.1. The minimum atomic E-state index is 0. The fourth-order valence-electron chi connectivity index (χ4n) is 3.66. The summed E-state index contributed by atoms with van der Waals surface area (Å²) >= 11 is 0. The highest BCUT2D eigenvalue weighted by atomic mass is 127. The van der Waals surface area contributed by atoms with Gasteiger partial charge >= 0.3 is 0 Å². The lowest BCUT2D eigenvalue weighted by Gasteiger charge is -2.34. The molecule has 1 aliphatic rings. The summed E-state index contributed by atoms with van der Waals surface area (Å²) in [5.41, 5.74) is 1.19. The highest BCUT2D eigenvalue weighted by Gasteiger charge is 2.23. The van der Waals surface area contributed by atoms with E-state index in [1.165, 1.54) is 5.56 Å². The van der Waals surface area contributed by atoms with Crippen LogP contribution in [0.5, 0.6) is 5.75 Å². The second-order valence-corrected chi connectivity index (χ2v) is 7.82. The Balaban J connectivity index is 0.00000289. The molecule has 1 aliphatic heterocycles. The summed E-state index contributed by atoms with van der Waals surface area (Å²) in [6.07, 6.45) is 2.16. The zero-order valence-electron chi connectivity index (χ0n) is 18.6. The Morgan fingerprint density at radius 3 is 2.31 bits per heavy atom. The molecule has 1 aromatic heterocycles. The first-order valence-corrected chi connectivity index (χ1v) is 10.8. The van der Waals surface area contributed by atoms with Crippen molar-refractivity contribution >= 4 is 29.9 Å². The molecular formula is C24H31IN6O. The van der Waals surface area contributed by atoms with Crippen LogP contribution in [0.2, 0.25) is 0 Å². The van der Waals surface area contributed by atoms with E-state index in [4.69, 9.17) is 9.73 Å². The van der Waals surface area contributed by atoms with Gasteiger partial charge in [-0.05, 0) is 24.6 Å². The number of hydrogen-bond acceptors (Lipinski definition) is 4. The van der Waals surface area contributed by atoms with E-state index in [-0.39, 0.29) is 30.1 Å². The number of aromatic nitrogens is 3. The lowest BCUT2D eigenvalue weighted by molar-refractivity contribution is 0.129. The number of hydrogen-bond donors (Lipinski definition) is 1. The van der Waals surface area contributed by atoms with Crippen LogP contribution in [0.3, 0.4) is 0 Å². The van der Waals surface area contributed by atoms with E-state index in [0.29, 0.717) is 13.1 Å². The van der Waals surface area contributed by atoms with Crippen LogP contribution >= 0.6 is 24.0 Å². The summed E-state index contributed by atoms with van der Waals surface area (Å²) in [5, 5.41) is 11.9. The molecule has 32 heavy (non-hydrogen) atoms. The van der Waals surface area contributed by atoms with Crippen LogP contribution in [-0.4, -0.2) is 44.8 Å². The Hall–Kier alpha value is -2.62. The molecule has 0 amide bonds. The molecule has 1 saturated heterocycles. The molecule has 0 unspecified atom stereocenters. The van der Waals surface area contributed by atoms with Gasteiger partial charge in [0.15, 0.2) is 11.8 Å². The second kappa shape index (κ2) is 11.8. The molecule has 0 bridgehead atoms. The molecule has 0 saturated carbocycles. The van der Waals surface area contributed by atoms with Gasteiger partial charge in [0.2, 0.25) is 0 Å². The van der Waals surface area contributed by atoms with Crippen molar-refractivity contribution in [1.29, 1.82) is 0 Å². The molecule has 0 spiro atoms. The molecule has 170 valence electrons. The van der Waals surface area contributed by atoms with Gasteiger partial charge in [-0.25, -0.2) is 4.99 Å². The van der Waals surface area contributed by atoms with Crippen LogP contribution in [0.25, 0.3) is 0 Å². The lowest BCUT2D eigenvalue weighted by Crippen LogP contribution is -2.47. The van der Waals surface area contributed by atoms with E-state index in [1.807, 2.05) is 67.1 Å². The third-order valence-corrected chi connectivity index (χ3v) is 5.63. The molecule has 2 aromatic carbocycles. The van der Waals surface area contributed by atoms with Gasteiger partial charge in [-0.15, -0.1) is 34.2 Å². The van der Waals surface area contributed by atoms with Crippen LogP contribution in [0, 0.1) is 6.92 Å². The van der Waals surface area contributed by atoms with Crippen molar-refractivity contribution in [1.82, 2.24) is 25.0 Å². The number of halogens is 1. The van der Waals surface area contributed by atoms with Gasteiger partial charge in [-0.2, -0.15) is 0 Å². The maximum Gasteiger partial charge on any atom is 0.194 e. The molecular weight excluding hydrogens is 515 g/mol. The molecule has 2 heterocycles. The number of nitrogens with one attached hydrogen (secondary N) is 1. The van der Waals surface area contributed by atoms with E-state index >= 15 is 0 Å². The molecule has 1 N–H and O–H groups in total. The van der Waals surface area contributed by atoms with Crippen LogP contribution in [0.1, 0.15) is 30.1 Å². The number of nitrogens with zero attached hydrogens (tertiary/aromatic N) is 5. The molecule has 3 aromatic rings. The Labute approximate surface area is 206 Å².